The molecule has 5 atom stereocenters. The van der Waals surface area contributed by atoms with Gasteiger partial charge in [0, 0.05) is 18.0 Å². The van der Waals surface area contributed by atoms with Gasteiger partial charge >= 0.3 is 0 Å². The molecule has 1 aromatic carbocycles. The van der Waals surface area contributed by atoms with Crippen molar-refractivity contribution in [3.8, 4) is 5.75 Å². The summed E-state index contributed by atoms with van der Waals surface area (Å²) in [5, 5.41) is 40.3. The van der Waals surface area contributed by atoms with Crippen LogP contribution in [0.1, 0.15) is 11.1 Å². The molecule has 1 fully saturated rings. The van der Waals surface area contributed by atoms with Crippen LogP contribution in [0.5, 0.6) is 5.75 Å². The molecule has 1 aliphatic rings. The van der Waals surface area contributed by atoms with Crippen molar-refractivity contribution in [3.05, 3.63) is 60.1 Å². The fourth-order valence-electron chi connectivity index (χ4n) is 3.52. The van der Waals surface area contributed by atoms with Gasteiger partial charge in [0.1, 0.15) is 35.7 Å². The number of fused-ring (bicyclic) bond motifs is 1. The van der Waals surface area contributed by atoms with Crippen LogP contribution in [0.15, 0.2) is 53.4 Å². The van der Waals surface area contributed by atoms with Crippen LogP contribution >= 0.6 is 0 Å². The second-order valence-electron chi connectivity index (χ2n) is 7.07. The average Bonchev–Trinajstić information content (AvgIpc) is 3.17. The number of rotatable bonds is 6. The van der Waals surface area contributed by atoms with E-state index in [1.54, 1.807) is 24.6 Å². The Balaban J connectivity index is 1.58. The van der Waals surface area contributed by atoms with Gasteiger partial charge in [-0.2, -0.15) is 0 Å². The summed E-state index contributed by atoms with van der Waals surface area (Å²) < 4.78 is 17.0. The molecule has 4 N–H and O–H groups in total. The molecule has 29 heavy (non-hydrogen) atoms. The number of nitrogens with zero attached hydrogens (tertiary/aromatic N) is 1. The predicted molar refractivity (Wildman–Crippen MR) is 102 cm³/mol. The molecule has 2 aromatic heterocycles. The predicted octanol–water partition coefficient (Wildman–Crippen LogP) is 0.792. The molecule has 0 radical (unpaired) electrons. The van der Waals surface area contributed by atoms with Crippen molar-refractivity contribution in [2.24, 2.45) is 0 Å². The number of hydrogen-bond acceptors (Lipinski definition) is 8. The quantitative estimate of drug-likeness (QED) is 0.478. The summed E-state index contributed by atoms with van der Waals surface area (Å²) in [5.41, 5.74) is 2.63. The van der Waals surface area contributed by atoms with E-state index in [1.807, 2.05) is 24.4 Å². The van der Waals surface area contributed by atoms with E-state index >= 15 is 0 Å². The van der Waals surface area contributed by atoms with E-state index in [1.165, 1.54) is 0 Å². The van der Waals surface area contributed by atoms with Gasteiger partial charge in [-0.05, 0) is 36.6 Å². The molecule has 0 spiro atoms. The number of furan rings is 1. The molecule has 8 heteroatoms. The molecule has 0 saturated carbocycles. The minimum absolute atomic E-state index is 0.418. The van der Waals surface area contributed by atoms with Gasteiger partial charge in [0.2, 0.25) is 6.29 Å². The normalized spacial score (nSPS) is 27.2. The zero-order chi connectivity index (χ0) is 20.4. The topological polar surface area (TPSA) is 125 Å². The average molecular weight is 401 g/mol. The lowest BCUT2D eigenvalue weighted by Crippen LogP contribution is -2.60. The van der Waals surface area contributed by atoms with Crippen molar-refractivity contribution in [3.63, 3.8) is 0 Å². The molecule has 0 aliphatic carbocycles. The molecule has 3 aromatic rings. The first-order valence-electron chi connectivity index (χ1n) is 9.43. The first kappa shape index (κ1) is 19.8. The maximum atomic E-state index is 10.3. The Morgan fingerprint density at radius 3 is 2.62 bits per heavy atom. The van der Waals surface area contributed by atoms with E-state index in [2.05, 4.69) is 4.98 Å². The highest BCUT2D eigenvalue weighted by Gasteiger charge is 2.44. The maximum Gasteiger partial charge on any atom is 0.229 e. The van der Waals surface area contributed by atoms with E-state index in [0.29, 0.717) is 17.8 Å². The Bertz CT molecular complexity index is 943. The smallest absolute Gasteiger partial charge is 0.229 e. The fourth-order valence-corrected chi connectivity index (χ4v) is 3.52. The van der Waals surface area contributed by atoms with Crippen molar-refractivity contribution in [1.82, 2.24) is 4.98 Å². The van der Waals surface area contributed by atoms with Crippen molar-refractivity contribution in [1.29, 1.82) is 0 Å². The molecule has 0 bridgehead atoms. The van der Waals surface area contributed by atoms with Crippen molar-refractivity contribution >= 4 is 11.0 Å². The summed E-state index contributed by atoms with van der Waals surface area (Å²) in [6.07, 6.45) is -0.0464. The van der Waals surface area contributed by atoms with Crippen LogP contribution in [0.25, 0.3) is 11.0 Å². The SMILES string of the molecule is OC[C@H]1O[C@@H](Oc2cccc3occ(CCc4cccnc4)c23)[C@H](O)[C@@H](O)[C@@H]1O. The first-order valence-corrected chi connectivity index (χ1v) is 9.43. The van der Waals surface area contributed by atoms with Crippen LogP contribution in [0.2, 0.25) is 0 Å². The van der Waals surface area contributed by atoms with Gasteiger partial charge in [-0.15, -0.1) is 0 Å². The summed E-state index contributed by atoms with van der Waals surface area (Å²) in [5.74, 6) is 0.418. The molecule has 1 aliphatic heterocycles. The zero-order valence-corrected chi connectivity index (χ0v) is 15.6. The second-order valence-corrected chi connectivity index (χ2v) is 7.07. The molecule has 3 heterocycles. The van der Waals surface area contributed by atoms with Crippen LogP contribution in [0, 0.1) is 0 Å². The van der Waals surface area contributed by atoms with Gasteiger partial charge in [-0.25, -0.2) is 0 Å². The first-order chi connectivity index (χ1) is 14.1. The van der Waals surface area contributed by atoms with Gasteiger partial charge in [0.05, 0.1) is 18.3 Å². The van der Waals surface area contributed by atoms with E-state index in [0.717, 1.165) is 22.9 Å². The lowest BCUT2D eigenvalue weighted by atomic mass is 9.99. The van der Waals surface area contributed by atoms with Gasteiger partial charge in [0.25, 0.3) is 0 Å². The Morgan fingerprint density at radius 2 is 1.86 bits per heavy atom. The Hall–Kier alpha value is -2.49. The number of benzene rings is 1. The van der Waals surface area contributed by atoms with Crippen LogP contribution < -0.4 is 4.74 Å². The Labute approximate surface area is 167 Å². The van der Waals surface area contributed by atoms with Crippen LogP contribution in [0.3, 0.4) is 0 Å². The third-order valence-corrected chi connectivity index (χ3v) is 5.13. The van der Waals surface area contributed by atoms with E-state index in [9.17, 15) is 20.4 Å². The fraction of sp³-hybridized carbons (Fsp3) is 0.381. The Morgan fingerprint density at radius 1 is 1.00 bits per heavy atom. The zero-order valence-electron chi connectivity index (χ0n) is 15.6. The van der Waals surface area contributed by atoms with Gasteiger partial charge in [-0.3, -0.25) is 4.98 Å². The lowest BCUT2D eigenvalue weighted by molar-refractivity contribution is -0.277. The Kier molecular flexibility index (Phi) is 5.79. The number of hydrogen-bond donors (Lipinski definition) is 4. The van der Waals surface area contributed by atoms with Crippen LogP contribution in [-0.4, -0.2) is 62.7 Å². The van der Waals surface area contributed by atoms with E-state index in [-0.39, 0.29) is 0 Å². The molecule has 154 valence electrons. The standard InChI is InChI=1S/C21H23NO7/c23-10-16-18(24)19(25)20(26)21(29-16)28-15-5-1-4-14-17(15)13(11-27-14)7-6-12-3-2-8-22-9-12/h1-5,8-9,11,16,18-21,23-26H,6-7,10H2/t16-,18-,19+,20-,21-/m1/s1. The molecule has 0 amide bonds. The van der Waals surface area contributed by atoms with Crippen molar-refractivity contribution in [2.75, 3.05) is 6.61 Å². The molecular weight excluding hydrogens is 378 g/mol. The van der Waals surface area contributed by atoms with E-state index < -0.39 is 37.3 Å². The lowest BCUT2D eigenvalue weighted by Gasteiger charge is -2.39. The van der Waals surface area contributed by atoms with Gasteiger partial charge in [0.15, 0.2) is 0 Å². The number of pyridine rings is 1. The third kappa shape index (κ3) is 3.98. The molecule has 0 unspecified atom stereocenters. The van der Waals surface area contributed by atoms with Gasteiger partial charge < -0.3 is 34.3 Å². The van der Waals surface area contributed by atoms with Crippen LogP contribution in [-0.2, 0) is 17.6 Å². The second kappa shape index (κ2) is 8.48. The largest absolute Gasteiger partial charge is 0.464 e. The van der Waals surface area contributed by atoms with Crippen LogP contribution in [0.4, 0.5) is 0 Å². The minimum atomic E-state index is -1.50. The molecule has 8 nitrogen and oxygen atoms in total. The number of aryl methyl sites for hydroxylation is 2. The molecule has 4 rings (SSSR count). The van der Waals surface area contributed by atoms with E-state index in [4.69, 9.17) is 13.9 Å². The van der Waals surface area contributed by atoms with Crippen molar-refractivity contribution < 1.29 is 34.3 Å². The third-order valence-electron chi connectivity index (χ3n) is 5.13. The number of aliphatic hydroxyl groups is 4. The monoisotopic (exact) mass is 401 g/mol. The van der Waals surface area contributed by atoms with Crippen molar-refractivity contribution in [2.45, 2.75) is 43.5 Å². The van der Waals surface area contributed by atoms with Gasteiger partial charge in [-0.1, -0.05) is 12.1 Å². The highest BCUT2D eigenvalue weighted by molar-refractivity contribution is 5.87. The summed E-state index contributed by atoms with van der Waals surface area (Å²) in [6.45, 7) is -0.517. The summed E-state index contributed by atoms with van der Waals surface area (Å²) in [4.78, 5) is 4.12. The highest BCUT2D eigenvalue weighted by Crippen LogP contribution is 2.34. The number of ether oxygens (including phenoxy) is 2. The molecular formula is C21H23NO7. The summed E-state index contributed by atoms with van der Waals surface area (Å²) in [7, 11) is 0. The molecule has 1 saturated heterocycles. The minimum Gasteiger partial charge on any atom is -0.464 e. The number of aromatic nitrogens is 1. The maximum absolute atomic E-state index is 10.3. The highest BCUT2D eigenvalue weighted by atomic mass is 16.7. The summed E-state index contributed by atoms with van der Waals surface area (Å²) in [6, 6.07) is 9.16. The number of aliphatic hydroxyl groups excluding tert-OH is 4. The summed E-state index contributed by atoms with van der Waals surface area (Å²) >= 11 is 0.